The Labute approximate surface area is 119 Å². The third-order valence-corrected chi connectivity index (χ3v) is 3.41. The van der Waals surface area contributed by atoms with E-state index in [4.69, 9.17) is 4.74 Å². The fourth-order valence-corrected chi connectivity index (χ4v) is 2.51. The fourth-order valence-electron chi connectivity index (χ4n) is 2.51. The number of hydrogen-bond donors (Lipinski definition) is 1. The summed E-state index contributed by atoms with van der Waals surface area (Å²) in [4.78, 5) is 15.8. The molecule has 0 saturated carbocycles. The first-order chi connectivity index (χ1) is 9.56. The molecular weight excluding hydrogens is 256 g/mol. The maximum Gasteiger partial charge on any atom is 0.410 e. The van der Waals surface area contributed by atoms with Gasteiger partial charge in [0.15, 0.2) is 0 Å². The van der Waals surface area contributed by atoms with Gasteiger partial charge in [-0.2, -0.15) is 0 Å². The number of hydrogen-bond acceptors (Lipinski definition) is 4. The second kappa shape index (κ2) is 6.72. The fraction of sp³-hybridized carbons (Fsp3) is 0.533. The topological polar surface area (TPSA) is 53.0 Å². The smallest absolute Gasteiger partial charge is 0.410 e. The molecule has 0 aliphatic carbocycles. The molecule has 2 atom stereocenters. The first-order valence-corrected chi connectivity index (χ1v) is 6.86. The van der Waals surface area contributed by atoms with Gasteiger partial charge in [-0.05, 0) is 26.1 Å². The van der Waals surface area contributed by atoms with E-state index in [2.05, 4.69) is 0 Å². The van der Waals surface area contributed by atoms with Gasteiger partial charge < -0.3 is 19.6 Å². The number of aliphatic hydroxyl groups excluding tert-OH is 1. The van der Waals surface area contributed by atoms with E-state index in [0.29, 0.717) is 13.0 Å². The molecule has 1 aromatic carbocycles. The molecular formula is C15H22N2O3. The standard InChI is InChI=1S/C15H22N2O3/c1-16(2)9-13-8-14(18)10-17(13)15(19)20-11-12-6-4-3-5-7-12/h3-7,13-14,18H,8-11H2,1-2H3/t13-,14+/m0/s1. The lowest BCUT2D eigenvalue weighted by Crippen LogP contribution is -2.41. The highest BCUT2D eigenvalue weighted by Gasteiger charge is 2.35. The molecule has 0 aromatic heterocycles. The summed E-state index contributed by atoms with van der Waals surface area (Å²) in [6.07, 6.45) is -0.194. The molecule has 1 N–H and O–H groups in total. The van der Waals surface area contributed by atoms with E-state index in [0.717, 1.165) is 12.1 Å². The van der Waals surface area contributed by atoms with Crippen LogP contribution in [0, 0.1) is 0 Å². The van der Waals surface area contributed by atoms with Crippen molar-refractivity contribution in [2.75, 3.05) is 27.2 Å². The summed E-state index contributed by atoms with van der Waals surface area (Å²) < 4.78 is 5.33. The molecule has 0 radical (unpaired) electrons. The van der Waals surface area contributed by atoms with Gasteiger partial charge in [-0.15, -0.1) is 0 Å². The monoisotopic (exact) mass is 278 g/mol. The Kier molecular flexibility index (Phi) is 4.98. The molecule has 1 saturated heterocycles. The van der Waals surface area contributed by atoms with Crippen LogP contribution >= 0.6 is 0 Å². The Bertz CT molecular complexity index is 436. The minimum Gasteiger partial charge on any atom is -0.445 e. The Morgan fingerprint density at radius 3 is 2.75 bits per heavy atom. The van der Waals surface area contributed by atoms with Crippen molar-refractivity contribution in [2.24, 2.45) is 0 Å². The number of likely N-dealkylation sites (N-methyl/N-ethyl adjacent to an activating group) is 1. The van der Waals surface area contributed by atoms with Crippen LogP contribution in [0.15, 0.2) is 30.3 Å². The molecule has 1 aliphatic heterocycles. The van der Waals surface area contributed by atoms with Crippen molar-refractivity contribution in [3.8, 4) is 0 Å². The maximum atomic E-state index is 12.1. The quantitative estimate of drug-likeness (QED) is 0.902. The van der Waals surface area contributed by atoms with Crippen molar-refractivity contribution in [1.82, 2.24) is 9.80 Å². The minimum absolute atomic E-state index is 0.0169. The Morgan fingerprint density at radius 2 is 2.10 bits per heavy atom. The van der Waals surface area contributed by atoms with Crippen LogP contribution in [0.1, 0.15) is 12.0 Å². The first-order valence-electron chi connectivity index (χ1n) is 6.86. The number of likely N-dealkylation sites (tertiary alicyclic amines) is 1. The Morgan fingerprint density at radius 1 is 1.40 bits per heavy atom. The highest BCUT2D eigenvalue weighted by atomic mass is 16.6. The van der Waals surface area contributed by atoms with Crippen molar-refractivity contribution < 1.29 is 14.6 Å². The third-order valence-electron chi connectivity index (χ3n) is 3.41. The first kappa shape index (κ1) is 14.8. The van der Waals surface area contributed by atoms with Gasteiger partial charge in [0.25, 0.3) is 0 Å². The van der Waals surface area contributed by atoms with E-state index in [1.807, 2.05) is 49.3 Å². The van der Waals surface area contributed by atoms with Crippen molar-refractivity contribution >= 4 is 6.09 Å². The summed E-state index contributed by atoms with van der Waals surface area (Å²) in [7, 11) is 3.91. The zero-order valence-electron chi connectivity index (χ0n) is 12.0. The van der Waals surface area contributed by atoms with Crippen LogP contribution in [-0.2, 0) is 11.3 Å². The molecule has 1 fully saturated rings. The van der Waals surface area contributed by atoms with Gasteiger partial charge in [0, 0.05) is 6.54 Å². The van der Waals surface area contributed by atoms with Crippen molar-refractivity contribution in [3.63, 3.8) is 0 Å². The average molecular weight is 278 g/mol. The molecule has 20 heavy (non-hydrogen) atoms. The van der Waals surface area contributed by atoms with Crippen LogP contribution in [0.4, 0.5) is 4.79 Å². The average Bonchev–Trinajstić information content (AvgIpc) is 2.77. The lowest BCUT2D eigenvalue weighted by molar-refractivity contribution is 0.0841. The van der Waals surface area contributed by atoms with Gasteiger partial charge in [0.1, 0.15) is 6.61 Å². The number of carbonyl (C=O) groups excluding carboxylic acids is 1. The largest absolute Gasteiger partial charge is 0.445 e. The zero-order valence-corrected chi connectivity index (χ0v) is 12.0. The van der Waals surface area contributed by atoms with Crippen LogP contribution in [0.3, 0.4) is 0 Å². The maximum absolute atomic E-state index is 12.1. The molecule has 1 aromatic rings. The number of β-amino-alcohol motifs (C(OH)–C–C–N with tert-alkyl or cyclic N) is 1. The summed E-state index contributed by atoms with van der Waals surface area (Å²) in [6.45, 7) is 1.35. The molecule has 0 unspecified atom stereocenters. The normalized spacial score (nSPS) is 22.3. The Hall–Kier alpha value is -1.59. The van der Waals surface area contributed by atoms with Gasteiger partial charge in [-0.1, -0.05) is 30.3 Å². The molecule has 2 rings (SSSR count). The van der Waals surface area contributed by atoms with E-state index in [-0.39, 0.29) is 18.7 Å². The SMILES string of the molecule is CN(C)C[C@@H]1C[C@@H](O)CN1C(=O)OCc1ccccc1. The number of carbonyl (C=O) groups is 1. The number of rotatable bonds is 4. The lowest BCUT2D eigenvalue weighted by atomic mass is 10.2. The molecule has 0 bridgehead atoms. The number of benzene rings is 1. The van der Waals surface area contributed by atoms with Gasteiger partial charge in [0.2, 0.25) is 0 Å². The van der Waals surface area contributed by atoms with E-state index in [1.165, 1.54) is 0 Å². The van der Waals surface area contributed by atoms with E-state index < -0.39 is 6.10 Å². The molecule has 1 heterocycles. The molecule has 110 valence electrons. The van der Waals surface area contributed by atoms with Crippen molar-refractivity contribution in [2.45, 2.75) is 25.2 Å². The third kappa shape index (κ3) is 3.95. The predicted octanol–water partition coefficient (Wildman–Crippen LogP) is 1.32. The summed E-state index contributed by atoms with van der Waals surface area (Å²) >= 11 is 0. The predicted molar refractivity (Wildman–Crippen MR) is 76.3 cm³/mol. The number of ether oxygens (including phenoxy) is 1. The second-order valence-corrected chi connectivity index (χ2v) is 5.50. The number of aliphatic hydroxyl groups is 1. The molecule has 5 nitrogen and oxygen atoms in total. The Balaban J connectivity index is 1.90. The highest BCUT2D eigenvalue weighted by molar-refractivity contribution is 5.68. The zero-order chi connectivity index (χ0) is 14.5. The minimum atomic E-state index is -0.454. The van der Waals surface area contributed by atoms with Gasteiger partial charge in [0.05, 0.1) is 18.7 Å². The summed E-state index contributed by atoms with van der Waals surface area (Å²) in [6, 6.07) is 9.61. The molecule has 5 heteroatoms. The van der Waals surface area contributed by atoms with Crippen molar-refractivity contribution in [3.05, 3.63) is 35.9 Å². The van der Waals surface area contributed by atoms with Crippen LogP contribution < -0.4 is 0 Å². The summed E-state index contributed by atoms with van der Waals surface area (Å²) in [5.74, 6) is 0. The van der Waals surface area contributed by atoms with Gasteiger partial charge in [-0.25, -0.2) is 4.79 Å². The van der Waals surface area contributed by atoms with Crippen LogP contribution in [0.5, 0.6) is 0 Å². The van der Waals surface area contributed by atoms with E-state index in [9.17, 15) is 9.90 Å². The summed E-state index contributed by atoms with van der Waals surface area (Å²) in [5, 5.41) is 9.75. The van der Waals surface area contributed by atoms with Crippen LogP contribution in [0.25, 0.3) is 0 Å². The lowest BCUT2D eigenvalue weighted by Gasteiger charge is -2.26. The van der Waals surface area contributed by atoms with Gasteiger partial charge in [-0.3, -0.25) is 0 Å². The highest BCUT2D eigenvalue weighted by Crippen LogP contribution is 2.20. The van der Waals surface area contributed by atoms with Gasteiger partial charge >= 0.3 is 6.09 Å². The van der Waals surface area contributed by atoms with Crippen molar-refractivity contribution in [1.29, 1.82) is 0 Å². The van der Waals surface area contributed by atoms with E-state index in [1.54, 1.807) is 4.90 Å². The van der Waals surface area contributed by atoms with E-state index >= 15 is 0 Å². The number of nitrogens with zero attached hydrogens (tertiary/aromatic N) is 2. The molecule has 0 spiro atoms. The van der Waals surface area contributed by atoms with Crippen LogP contribution in [0.2, 0.25) is 0 Å². The van der Waals surface area contributed by atoms with Crippen LogP contribution in [-0.4, -0.2) is 60.3 Å². The number of amides is 1. The second-order valence-electron chi connectivity index (χ2n) is 5.50. The molecule has 1 amide bonds. The summed E-state index contributed by atoms with van der Waals surface area (Å²) in [5.41, 5.74) is 0.963. The molecule has 1 aliphatic rings.